The molecule has 0 bridgehead atoms. The summed E-state index contributed by atoms with van der Waals surface area (Å²) in [5.74, 6) is -1.70. The lowest BCUT2D eigenvalue weighted by Gasteiger charge is -2.20. The molecule has 1 aromatic heterocycles. The van der Waals surface area contributed by atoms with Crippen molar-refractivity contribution in [2.45, 2.75) is 13.8 Å². The van der Waals surface area contributed by atoms with E-state index >= 15 is 0 Å². The predicted molar refractivity (Wildman–Crippen MR) is 72.6 cm³/mol. The number of aromatic nitrogens is 2. The van der Waals surface area contributed by atoms with Crippen molar-refractivity contribution >= 4 is 17.8 Å². The van der Waals surface area contributed by atoms with Gasteiger partial charge in [-0.1, -0.05) is 0 Å². The Balaban J connectivity index is 3.09. The lowest BCUT2D eigenvalue weighted by atomic mass is 10.1. The van der Waals surface area contributed by atoms with Crippen LogP contribution in [0, 0.1) is 13.8 Å². The second-order valence-electron chi connectivity index (χ2n) is 4.48. The highest BCUT2D eigenvalue weighted by Gasteiger charge is 2.26. The minimum atomic E-state index is -0.619. The molecule has 0 atom stereocenters. The molecule has 116 valence electrons. The summed E-state index contributed by atoms with van der Waals surface area (Å²) in [4.78, 5) is 36.5. The van der Waals surface area contributed by atoms with E-state index in [1.54, 1.807) is 25.6 Å². The summed E-state index contributed by atoms with van der Waals surface area (Å²) in [6.07, 6.45) is 0. The normalized spacial score (nSPS) is 10.1. The zero-order valence-electron chi connectivity index (χ0n) is 12.8. The molecule has 1 heterocycles. The van der Waals surface area contributed by atoms with Crippen molar-refractivity contribution in [1.29, 1.82) is 0 Å². The maximum absolute atomic E-state index is 12.6. The van der Waals surface area contributed by atoms with E-state index in [1.807, 2.05) is 0 Å². The standard InChI is InChI=1S/C13H19N3O5/c1-8-12(9(2)15(3)14-8)13(19)16(6-10(17)20-4)7-11(18)21-5/h6-7H2,1-5H3. The Kier molecular flexibility index (Phi) is 5.45. The molecule has 0 fully saturated rings. The van der Waals surface area contributed by atoms with E-state index in [9.17, 15) is 14.4 Å². The maximum atomic E-state index is 12.6. The molecule has 8 nitrogen and oxygen atoms in total. The number of rotatable bonds is 5. The number of amides is 1. The van der Waals surface area contributed by atoms with Crippen LogP contribution in [0.3, 0.4) is 0 Å². The molecule has 1 amide bonds. The molecule has 0 saturated carbocycles. The molecule has 0 spiro atoms. The van der Waals surface area contributed by atoms with Gasteiger partial charge in [-0.05, 0) is 13.8 Å². The van der Waals surface area contributed by atoms with Gasteiger partial charge >= 0.3 is 11.9 Å². The van der Waals surface area contributed by atoms with E-state index in [1.165, 1.54) is 14.2 Å². The summed E-state index contributed by atoms with van der Waals surface area (Å²) in [5, 5.41) is 4.15. The van der Waals surface area contributed by atoms with E-state index in [-0.39, 0.29) is 13.1 Å². The minimum Gasteiger partial charge on any atom is -0.468 e. The van der Waals surface area contributed by atoms with Crippen molar-refractivity contribution in [3.63, 3.8) is 0 Å². The van der Waals surface area contributed by atoms with Crippen LogP contribution in [-0.4, -0.2) is 59.8 Å². The quantitative estimate of drug-likeness (QED) is 0.701. The van der Waals surface area contributed by atoms with Crippen LogP contribution in [0.4, 0.5) is 0 Å². The maximum Gasteiger partial charge on any atom is 0.325 e. The van der Waals surface area contributed by atoms with Crippen LogP contribution in [0.1, 0.15) is 21.7 Å². The fraction of sp³-hybridized carbons (Fsp3) is 0.538. The molecule has 0 radical (unpaired) electrons. The fourth-order valence-electron chi connectivity index (χ4n) is 1.88. The molecule has 0 aliphatic carbocycles. The number of methoxy groups -OCH3 is 2. The van der Waals surface area contributed by atoms with Gasteiger partial charge in [0.05, 0.1) is 25.5 Å². The lowest BCUT2D eigenvalue weighted by Crippen LogP contribution is -2.40. The summed E-state index contributed by atoms with van der Waals surface area (Å²) < 4.78 is 10.7. The number of carbonyl (C=O) groups is 3. The first kappa shape index (κ1) is 16.7. The Morgan fingerprint density at radius 2 is 1.57 bits per heavy atom. The van der Waals surface area contributed by atoms with Gasteiger partial charge in [-0.2, -0.15) is 5.10 Å². The lowest BCUT2D eigenvalue weighted by molar-refractivity contribution is -0.144. The van der Waals surface area contributed by atoms with E-state index in [2.05, 4.69) is 14.6 Å². The van der Waals surface area contributed by atoms with Gasteiger partial charge in [0, 0.05) is 12.7 Å². The van der Waals surface area contributed by atoms with Crippen molar-refractivity contribution in [2.75, 3.05) is 27.3 Å². The fourth-order valence-corrected chi connectivity index (χ4v) is 1.88. The molecule has 1 rings (SSSR count). The highest BCUT2D eigenvalue weighted by Crippen LogP contribution is 2.15. The van der Waals surface area contributed by atoms with E-state index in [0.29, 0.717) is 17.0 Å². The van der Waals surface area contributed by atoms with Crippen molar-refractivity contribution < 1.29 is 23.9 Å². The highest BCUT2D eigenvalue weighted by molar-refractivity contribution is 5.99. The largest absolute Gasteiger partial charge is 0.468 e. The van der Waals surface area contributed by atoms with Crippen LogP contribution in [-0.2, 0) is 26.1 Å². The third kappa shape index (κ3) is 3.80. The van der Waals surface area contributed by atoms with Crippen molar-refractivity contribution in [3.8, 4) is 0 Å². The van der Waals surface area contributed by atoms with Gasteiger partial charge in [0.1, 0.15) is 13.1 Å². The Bertz CT molecular complexity index is 546. The monoisotopic (exact) mass is 297 g/mol. The average Bonchev–Trinajstić information content (AvgIpc) is 2.70. The van der Waals surface area contributed by atoms with Gasteiger partial charge in [0.25, 0.3) is 5.91 Å². The van der Waals surface area contributed by atoms with Gasteiger partial charge in [0.2, 0.25) is 0 Å². The Hall–Kier alpha value is -2.38. The first-order valence-electron chi connectivity index (χ1n) is 6.24. The van der Waals surface area contributed by atoms with Gasteiger partial charge in [-0.25, -0.2) is 0 Å². The van der Waals surface area contributed by atoms with Crippen LogP contribution in [0.15, 0.2) is 0 Å². The van der Waals surface area contributed by atoms with Gasteiger partial charge in [-0.3, -0.25) is 19.1 Å². The second kappa shape index (κ2) is 6.87. The Morgan fingerprint density at radius 3 is 1.90 bits per heavy atom. The first-order valence-corrected chi connectivity index (χ1v) is 6.24. The molecule has 1 aromatic rings. The number of nitrogens with zero attached hydrogens (tertiary/aromatic N) is 3. The van der Waals surface area contributed by atoms with Crippen LogP contribution >= 0.6 is 0 Å². The summed E-state index contributed by atoms with van der Waals surface area (Å²) in [7, 11) is 4.14. The van der Waals surface area contributed by atoms with Gasteiger partial charge in [0.15, 0.2) is 0 Å². The topological polar surface area (TPSA) is 90.7 Å². The number of hydrogen-bond donors (Lipinski definition) is 0. The Labute approximate surface area is 122 Å². The Morgan fingerprint density at radius 1 is 1.10 bits per heavy atom. The summed E-state index contributed by atoms with van der Waals surface area (Å²) in [6.45, 7) is 2.76. The number of hydrogen-bond acceptors (Lipinski definition) is 6. The van der Waals surface area contributed by atoms with Crippen molar-refractivity contribution in [2.24, 2.45) is 7.05 Å². The molecule has 0 aliphatic rings. The average molecular weight is 297 g/mol. The molecular weight excluding hydrogens is 278 g/mol. The number of ether oxygens (including phenoxy) is 2. The number of esters is 2. The smallest absolute Gasteiger partial charge is 0.325 e. The molecule has 8 heteroatoms. The summed E-state index contributed by atoms with van der Waals surface area (Å²) in [6, 6.07) is 0. The van der Waals surface area contributed by atoms with Crippen molar-refractivity contribution in [3.05, 3.63) is 17.0 Å². The van der Waals surface area contributed by atoms with Gasteiger partial charge < -0.3 is 14.4 Å². The van der Waals surface area contributed by atoms with Crippen LogP contribution in [0.2, 0.25) is 0 Å². The molecule has 0 aromatic carbocycles. The van der Waals surface area contributed by atoms with Crippen LogP contribution < -0.4 is 0 Å². The van der Waals surface area contributed by atoms with E-state index in [0.717, 1.165) is 4.90 Å². The summed E-state index contributed by atoms with van der Waals surface area (Å²) >= 11 is 0. The van der Waals surface area contributed by atoms with Crippen LogP contribution in [0.5, 0.6) is 0 Å². The molecule has 0 saturated heterocycles. The van der Waals surface area contributed by atoms with E-state index in [4.69, 9.17) is 0 Å². The third-order valence-corrected chi connectivity index (χ3v) is 3.11. The van der Waals surface area contributed by atoms with E-state index < -0.39 is 17.8 Å². The predicted octanol–water partition coefficient (Wildman–Crippen LogP) is -0.175. The number of aryl methyl sites for hydroxylation is 2. The summed E-state index contributed by atoms with van der Waals surface area (Å²) in [5.41, 5.74) is 1.54. The van der Waals surface area contributed by atoms with Crippen molar-refractivity contribution in [1.82, 2.24) is 14.7 Å². The minimum absolute atomic E-state index is 0.335. The third-order valence-electron chi connectivity index (χ3n) is 3.11. The molecule has 0 N–H and O–H groups in total. The molecule has 0 aliphatic heterocycles. The molecule has 0 unspecified atom stereocenters. The first-order chi connectivity index (χ1) is 9.81. The van der Waals surface area contributed by atoms with Crippen LogP contribution in [0.25, 0.3) is 0 Å². The molecule has 21 heavy (non-hydrogen) atoms. The zero-order valence-corrected chi connectivity index (χ0v) is 12.8. The zero-order chi connectivity index (χ0) is 16.2. The SMILES string of the molecule is COC(=O)CN(CC(=O)OC)C(=O)c1c(C)nn(C)c1C. The highest BCUT2D eigenvalue weighted by atomic mass is 16.5. The molecular formula is C13H19N3O5. The number of carbonyl (C=O) groups excluding carboxylic acids is 3. The second-order valence-corrected chi connectivity index (χ2v) is 4.48. The van der Waals surface area contributed by atoms with Gasteiger partial charge in [-0.15, -0.1) is 0 Å².